The van der Waals surface area contributed by atoms with Crippen LogP contribution in [0.3, 0.4) is 0 Å². The lowest BCUT2D eigenvalue weighted by Crippen LogP contribution is -2.02. The van der Waals surface area contributed by atoms with Crippen LogP contribution >= 0.6 is 15.9 Å². The van der Waals surface area contributed by atoms with Crippen LogP contribution in [0.4, 0.5) is 0 Å². The van der Waals surface area contributed by atoms with Gasteiger partial charge in [-0.2, -0.15) is 0 Å². The van der Waals surface area contributed by atoms with Gasteiger partial charge in [-0.1, -0.05) is 6.07 Å². The summed E-state index contributed by atoms with van der Waals surface area (Å²) in [7, 11) is 0. The van der Waals surface area contributed by atoms with Gasteiger partial charge in [0, 0.05) is 0 Å². The maximum Gasteiger partial charge on any atom is 0.130 e. The average molecular weight is 230 g/mol. The average Bonchev–Trinajstić information content (AvgIpc) is 2.01. The highest BCUT2D eigenvalue weighted by Gasteiger charge is 2.03. The fourth-order valence-electron chi connectivity index (χ4n) is 1.14. The molecule has 0 atom stereocenters. The molecule has 0 unspecified atom stereocenters. The molecule has 1 aromatic rings. The minimum Gasteiger partial charge on any atom is -0.507 e. The number of aromatic hydroxyl groups is 1. The van der Waals surface area contributed by atoms with Crippen LogP contribution in [0.2, 0.25) is 0 Å². The predicted molar refractivity (Wildman–Crippen MR) is 53.3 cm³/mol. The Morgan fingerprint density at radius 2 is 2.17 bits per heavy atom. The van der Waals surface area contributed by atoms with Crippen molar-refractivity contribution in [3.8, 4) is 5.75 Å². The van der Waals surface area contributed by atoms with Gasteiger partial charge in [0.15, 0.2) is 0 Å². The van der Waals surface area contributed by atoms with Crippen molar-refractivity contribution < 1.29 is 5.11 Å². The van der Waals surface area contributed by atoms with E-state index in [0.717, 1.165) is 22.0 Å². The molecule has 0 saturated carbocycles. The Kier molecular flexibility index (Phi) is 3.12. The van der Waals surface area contributed by atoms with E-state index in [1.807, 2.05) is 13.0 Å². The van der Waals surface area contributed by atoms with E-state index >= 15 is 0 Å². The van der Waals surface area contributed by atoms with Gasteiger partial charge in [0.25, 0.3) is 0 Å². The Morgan fingerprint density at radius 3 is 2.67 bits per heavy atom. The molecule has 0 amide bonds. The van der Waals surface area contributed by atoms with E-state index in [4.69, 9.17) is 5.73 Å². The summed E-state index contributed by atoms with van der Waals surface area (Å²) in [5.41, 5.74) is 7.52. The summed E-state index contributed by atoms with van der Waals surface area (Å²) in [6.07, 6.45) is 0.807. The van der Waals surface area contributed by atoms with Crippen LogP contribution in [0.1, 0.15) is 11.1 Å². The molecule has 0 aliphatic carbocycles. The molecular weight excluding hydrogens is 218 g/mol. The maximum absolute atomic E-state index is 9.42. The SMILES string of the molecule is Cc1cc(CCN)cc(O)c1Br. The van der Waals surface area contributed by atoms with E-state index in [2.05, 4.69) is 15.9 Å². The van der Waals surface area contributed by atoms with E-state index in [1.54, 1.807) is 6.07 Å². The summed E-state index contributed by atoms with van der Waals surface area (Å²) in [6.45, 7) is 2.56. The molecule has 3 heteroatoms. The van der Waals surface area contributed by atoms with E-state index in [1.165, 1.54) is 0 Å². The highest BCUT2D eigenvalue weighted by Crippen LogP contribution is 2.28. The van der Waals surface area contributed by atoms with Crippen molar-refractivity contribution in [2.24, 2.45) is 5.73 Å². The van der Waals surface area contributed by atoms with Gasteiger partial charge in [0.05, 0.1) is 4.47 Å². The number of rotatable bonds is 2. The van der Waals surface area contributed by atoms with Crippen molar-refractivity contribution in [2.75, 3.05) is 6.54 Å². The summed E-state index contributed by atoms with van der Waals surface area (Å²) in [6, 6.07) is 3.76. The Morgan fingerprint density at radius 1 is 1.50 bits per heavy atom. The van der Waals surface area contributed by atoms with Crippen molar-refractivity contribution in [2.45, 2.75) is 13.3 Å². The molecule has 0 aliphatic heterocycles. The molecular formula is C9H12BrNO. The first kappa shape index (κ1) is 9.55. The van der Waals surface area contributed by atoms with Gasteiger partial charge in [-0.3, -0.25) is 0 Å². The number of phenolic OH excluding ortho intramolecular Hbond substituents is 1. The fraction of sp³-hybridized carbons (Fsp3) is 0.333. The minimum absolute atomic E-state index is 0.290. The smallest absolute Gasteiger partial charge is 0.130 e. The number of nitrogens with two attached hydrogens (primary N) is 1. The first-order chi connectivity index (χ1) is 5.65. The molecule has 0 spiro atoms. The van der Waals surface area contributed by atoms with Gasteiger partial charge < -0.3 is 10.8 Å². The van der Waals surface area contributed by atoms with Gasteiger partial charge in [-0.05, 0) is 53.0 Å². The zero-order valence-electron chi connectivity index (χ0n) is 6.97. The minimum atomic E-state index is 0.290. The molecule has 0 bridgehead atoms. The lowest BCUT2D eigenvalue weighted by molar-refractivity contribution is 0.470. The van der Waals surface area contributed by atoms with Crippen LogP contribution in [0, 0.1) is 6.92 Å². The highest BCUT2D eigenvalue weighted by atomic mass is 79.9. The summed E-state index contributed by atoms with van der Waals surface area (Å²) in [4.78, 5) is 0. The summed E-state index contributed by atoms with van der Waals surface area (Å²) < 4.78 is 0.767. The first-order valence-electron chi connectivity index (χ1n) is 3.83. The lowest BCUT2D eigenvalue weighted by atomic mass is 10.1. The molecule has 3 N–H and O–H groups in total. The Hall–Kier alpha value is -0.540. The number of benzene rings is 1. The Labute approximate surface area is 80.5 Å². The van der Waals surface area contributed by atoms with Gasteiger partial charge in [0.1, 0.15) is 5.75 Å². The fourth-order valence-corrected chi connectivity index (χ4v) is 1.36. The quantitative estimate of drug-likeness (QED) is 0.815. The number of phenols is 1. The Bertz CT molecular complexity index is 263. The largest absolute Gasteiger partial charge is 0.507 e. The molecule has 0 aliphatic rings. The summed E-state index contributed by atoms with van der Waals surface area (Å²) in [5, 5.41) is 9.42. The van der Waals surface area contributed by atoms with Crippen LogP contribution in [-0.4, -0.2) is 11.7 Å². The van der Waals surface area contributed by atoms with Gasteiger partial charge in [-0.15, -0.1) is 0 Å². The van der Waals surface area contributed by atoms with Crippen molar-refractivity contribution >= 4 is 15.9 Å². The van der Waals surface area contributed by atoms with Crippen LogP contribution in [0.25, 0.3) is 0 Å². The van der Waals surface area contributed by atoms with Crippen LogP contribution in [-0.2, 0) is 6.42 Å². The molecule has 12 heavy (non-hydrogen) atoms. The van der Waals surface area contributed by atoms with Crippen molar-refractivity contribution in [1.82, 2.24) is 0 Å². The van der Waals surface area contributed by atoms with E-state index in [9.17, 15) is 5.11 Å². The molecule has 0 saturated heterocycles. The second kappa shape index (κ2) is 3.92. The number of hydrogen-bond acceptors (Lipinski definition) is 2. The Balaban J connectivity index is 3.04. The molecule has 66 valence electrons. The normalized spacial score (nSPS) is 10.2. The number of hydrogen-bond donors (Lipinski definition) is 2. The van der Waals surface area contributed by atoms with Gasteiger partial charge in [0.2, 0.25) is 0 Å². The third-order valence-corrected chi connectivity index (χ3v) is 2.76. The van der Waals surface area contributed by atoms with Crippen molar-refractivity contribution in [3.63, 3.8) is 0 Å². The van der Waals surface area contributed by atoms with E-state index in [-0.39, 0.29) is 0 Å². The molecule has 0 fully saturated rings. The molecule has 0 heterocycles. The monoisotopic (exact) mass is 229 g/mol. The second-order valence-electron chi connectivity index (χ2n) is 2.78. The molecule has 1 rings (SSSR count). The standard InChI is InChI=1S/C9H12BrNO/c1-6-4-7(2-3-11)5-8(12)9(6)10/h4-5,12H,2-3,11H2,1H3. The maximum atomic E-state index is 9.42. The van der Waals surface area contributed by atoms with Crippen molar-refractivity contribution in [3.05, 3.63) is 27.7 Å². The molecule has 2 nitrogen and oxygen atoms in total. The van der Waals surface area contributed by atoms with Crippen LogP contribution < -0.4 is 5.73 Å². The van der Waals surface area contributed by atoms with E-state index < -0.39 is 0 Å². The van der Waals surface area contributed by atoms with E-state index in [0.29, 0.717) is 12.3 Å². The molecule has 0 aromatic heterocycles. The number of halogens is 1. The summed E-state index contributed by atoms with van der Waals surface area (Å²) >= 11 is 3.28. The van der Waals surface area contributed by atoms with Crippen LogP contribution in [0.15, 0.2) is 16.6 Å². The zero-order valence-corrected chi connectivity index (χ0v) is 8.56. The molecule has 1 aromatic carbocycles. The molecule has 0 radical (unpaired) electrons. The second-order valence-corrected chi connectivity index (χ2v) is 3.58. The van der Waals surface area contributed by atoms with Gasteiger partial charge in [-0.25, -0.2) is 0 Å². The van der Waals surface area contributed by atoms with Crippen LogP contribution in [0.5, 0.6) is 5.75 Å². The first-order valence-corrected chi connectivity index (χ1v) is 4.62. The van der Waals surface area contributed by atoms with Crippen molar-refractivity contribution in [1.29, 1.82) is 0 Å². The topological polar surface area (TPSA) is 46.2 Å². The zero-order chi connectivity index (χ0) is 9.14. The van der Waals surface area contributed by atoms with Gasteiger partial charge >= 0.3 is 0 Å². The third-order valence-electron chi connectivity index (χ3n) is 1.73. The summed E-state index contributed by atoms with van der Waals surface area (Å²) in [5.74, 6) is 0.290. The third kappa shape index (κ3) is 1.99. The highest BCUT2D eigenvalue weighted by molar-refractivity contribution is 9.10. The predicted octanol–water partition coefficient (Wildman–Crippen LogP) is 1.96. The lowest BCUT2D eigenvalue weighted by Gasteiger charge is -2.05. The number of aryl methyl sites for hydroxylation is 1.